The second-order valence-electron chi connectivity index (χ2n) is 6.20. The predicted octanol–water partition coefficient (Wildman–Crippen LogP) is 3.32. The van der Waals surface area contributed by atoms with Crippen molar-refractivity contribution in [3.8, 4) is 11.4 Å². The van der Waals surface area contributed by atoms with Gasteiger partial charge in [-0.25, -0.2) is 0 Å². The number of benzene rings is 1. The number of piperazine rings is 1. The number of anilines is 1. The first kappa shape index (κ1) is 16.8. The molecule has 1 amide bonds. The van der Waals surface area contributed by atoms with Crippen LogP contribution in [0.4, 0.5) is 5.69 Å². The van der Waals surface area contributed by atoms with Gasteiger partial charge in [-0.05, 0) is 35.7 Å². The summed E-state index contributed by atoms with van der Waals surface area (Å²) in [5.74, 6) is 1.40. The summed E-state index contributed by atoms with van der Waals surface area (Å²) in [5, 5.41) is 7.86. The number of hydrogen-bond acceptors (Lipinski definition) is 6. The summed E-state index contributed by atoms with van der Waals surface area (Å²) in [6, 6.07) is 10.1. The summed E-state index contributed by atoms with van der Waals surface area (Å²) in [6.45, 7) is 5.13. The maximum Gasteiger partial charge on any atom is 0.254 e. The lowest BCUT2D eigenvalue weighted by atomic mass is 10.1. The fourth-order valence-corrected chi connectivity index (χ4v) is 3.70. The van der Waals surface area contributed by atoms with E-state index in [0.29, 0.717) is 11.7 Å². The molecule has 1 aliphatic heterocycles. The highest BCUT2D eigenvalue weighted by molar-refractivity contribution is 7.08. The summed E-state index contributed by atoms with van der Waals surface area (Å²) in [4.78, 5) is 21.0. The molecule has 0 unspecified atom stereocenters. The molecule has 3 aromatic rings. The molecule has 0 radical (unpaired) electrons. The van der Waals surface area contributed by atoms with E-state index >= 15 is 0 Å². The molecule has 0 saturated carbocycles. The predicted molar refractivity (Wildman–Crippen MR) is 102 cm³/mol. The monoisotopic (exact) mass is 368 g/mol. The summed E-state index contributed by atoms with van der Waals surface area (Å²) >= 11 is 1.56. The van der Waals surface area contributed by atoms with Crippen LogP contribution in [0.25, 0.3) is 11.4 Å². The minimum absolute atomic E-state index is 0.130. The third-order valence-corrected chi connectivity index (χ3v) is 5.28. The molecule has 1 aromatic carbocycles. The lowest BCUT2D eigenvalue weighted by Gasteiger charge is -2.36. The number of rotatable bonds is 4. The molecule has 0 spiro atoms. The lowest BCUT2D eigenvalue weighted by Crippen LogP contribution is -2.48. The lowest BCUT2D eigenvalue weighted by molar-refractivity contribution is 0.0747. The molecule has 4 rings (SSSR count). The molecular formula is C19H20N4O2S. The molecule has 1 saturated heterocycles. The van der Waals surface area contributed by atoms with Gasteiger partial charge in [-0.3, -0.25) is 4.79 Å². The molecule has 0 bridgehead atoms. The van der Waals surface area contributed by atoms with Crippen LogP contribution in [0.15, 0.2) is 45.6 Å². The number of aryl methyl sites for hydroxylation is 1. The molecular weight excluding hydrogens is 348 g/mol. The van der Waals surface area contributed by atoms with Crippen LogP contribution in [-0.4, -0.2) is 47.1 Å². The van der Waals surface area contributed by atoms with Gasteiger partial charge in [-0.15, -0.1) is 0 Å². The molecule has 6 nitrogen and oxygen atoms in total. The highest BCUT2D eigenvalue weighted by Gasteiger charge is 2.22. The van der Waals surface area contributed by atoms with E-state index in [-0.39, 0.29) is 5.91 Å². The number of thiophene rings is 1. The normalized spacial score (nSPS) is 14.7. The van der Waals surface area contributed by atoms with Crippen LogP contribution < -0.4 is 4.90 Å². The summed E-state index contributed by atoms with van der Waals surface area (Å²) in [5.41, 5.74) is 2.89. The second kappa shape index (κ2) is 7.29. The van der Waals surface area contributed by atoms with E-state index in [1.807, 2.05) is 40.8 Å². The van der Waals surface area contributed by atoms with Crippen molar-refractivity contribution in [2.75, 3.05) is 31.1 Å². The Bertz CT molecular complexity index is 865. The Hall–Kier alpha value is -2.67. The van der Waals surface area contributed by atoms with Gasteiger partial charge in [-0.1, -0.05) is 12.1 Å². The SMILES string of the molecule is CCc1nc(-c2ccc(N3CCN(C(=O)c4ccsc4)CC3)cc2)no1. The van der Waals surface area contributed by atoms with Gasteiger partial charge in [0, 0.05) is 49.2 Å². The van der Waals surface area contributed by atoms with Crippen molar-refractivity contribution in [2.24, 2.45) is 0 Å². The van der Waals surface area contributed by atoms with Gasteiger partial charge in [0.15, 0.2) is 0 Å². The van der Waals surface area contributed by atoms with Gasteiger partial charge in [0.05, 0.1) is 5.56 Å². The Morgan fingerprint density at radius 1 is 1.15 bits per heavy atom. The minimum Gasteiger partial charge on any atom is -0.368 e. The topological polar surface area (TPSA) is 62.5 Å². The van der Waals surface area contributed by atoms with Crippen molar-refractivity contribution in [3.05, 3.63) is 52.5 Å². The fourth-order valence-electron chi connectivity index (χ4n) is 3.07. The largest absolute Gasteiger partial charge is 0.368 e. The van der Waals surface area contributed by atoms with Crippen molar-refractivity contribution < 1.29 is 9.32 Å². The zero-order valence-electron chi connectivity index (χ0n) is 14.6. The molecule has 0 atom stereocenters. The average Bonchev–Trinajstić information content (AvgIpc) is 3.40. The van der Waals surface area contributed by atoms with Gasteiger partial charge in [0.1, 0.15) is 0 Å². The highest BCUT2D eigenvalue weighted by Crippen LogP contribution is 2.23. The zero-order valence-corrected chi connectivity index (χ0v) is 15.4. The standard InChI is InChI=1S/C19H20N4O2S/c1-2-17-20-18(21-25-17)14-3-5-16(6-4-14)22-8-10-23(11-9-22)19(24)15-7-12-26-13-15/h3-7,12-13H,2,8-11H2,1H3. The third kappa shape index (κ3) is 3.35. The Morgan fingerprint density at radius 3 is 2.54 bits per heavy atom. The highest BCUT2D eigenvalue weighted by atomic mass is 32.1. The second-order valence-corrected chi connectivity index (χ2v) is 6.98. The van der Waals surface area contributed by atoms with Crippen LogP contribution in [0.5, 0.6) is 0 Å². The Labute approximate surface area is 156 Å². The number of nitrogens with zero attached hydrogens (tertiary/aromatic N) is 4. The number of amides is 1. The summed E-state index contributed by atoms with van der Waals surface area (Å²) < 4.78 is 5.17. The van der Waals surface area contributed by atoms with Crippen LogP contribution in [0.1, 0.15) is 23.2 Å². The molecule has 1 aliphatic rings. The smallest absolute Gasteiger partial charge is 0.254 e. The Kier molecular flexibility index (Phi) is 4.71. The van der Waals surface area contributed by atoms with Crippen molar-refractivity contribution in [3.63, 3.8) is 0 Å². The minimum atomic E-state index is 0.130. The Morgan fingerprint density at radius 2 is 1.92 bits per heavy atom. The molecule has 3 heterocycles. The molecule has 7 heteroatoms. The van der Waals surface area contributed by atoms with Gasteiger partial charge in [0.2, 0.25) is 11.7 Å². The first-order valence-corrected chi connectivity index (χ1v) is 9.68. The third-order valence-electron chi connectivity index (χ3n) is 4.60. The summed E-state index contributed by atoms with van der Waals surface area (Å²) in [7, 11) is 0. The van der Waals surface area contributed by atoms with Gasteiger partial charge in [0.25, 0.3) is 5.91 Å². The fraction of sp³-hybridized carbons (Fsp3) is 0.316. The molecule has 0 N–H and O–H groups in total. The van der Waals surface area contributed by atoms with E-state index in [4.69, 9.17) is 4.52 Å². The van der Waals surface area contributed by atoms with E-state index < -0.39 is 0 Å². The quantitative estimate of drug-likeness (QED) is 0.707. The van der Waals surface area contributed by atoms with E-state index in [9.17, 15) is 4.79 Å². The van der Waals surface area contributed by atoms with E-state index in [0.717, 1.165) is 49.4 Å². The molecule has 1 fully saturated rings. The van der Waals surface area contributed by atoms with Crippen molar-refractivity contribution in [2.45, 2.75) is 13.3 Å². The zero-order chi connectivity index (χ0) is 17.9. The molecule has 26 heavy (non-hydrogen) atoms. The number of carbonyl (C=O) groups is 1. The maximum absolute atomic E-state index is 12.4. The molecule has 134 valence electrons. The maximum atomic E-state index is 12.4. The first-order chi connectivity index (χ1) is 12.7. The van der Waals surface area contributed by atoms with E-state index in [1.54, 1.807) is 11.3 Å². The summed E-state index contributed by atoms with van der Waals surface area (Å²) in [6.07, 6.45) is 0.736. The van der Waals surface area contributed by atoms with Gasteiger partial charge < -0.3 is 14.3 Å². The molecule has 2 aromatic heterocycles. The van der Waals surface area contributed by atoms with Crippen LogP contribution in [0.2, 0.25) is 0 Å². The van der Waals surface area contributed by atoms with E-state index in [2.05, 4.69) is 27.2 Å². The number of carbonyl (C=O) groups excluding carboxylic acids is 1. The van der Waals surface area contributed by atoms with Crippen LogP contribution >= 0.6 is 11.3 Å². The molecule has 0 aliphatic carbocycles. The first-order valence-electron chi connectivity index (χ1n) is 8.74. The van der Waals surface area contributed by atoms with Gasteiger partial charge in [-0.2, -0.15) is 16.3 Å². The van der Waals surface area contributed by atoms with E-state index in [1.165, 1.54) is 0 Å². The number of hydrogen-bond donors (Lipinski definition) is 0. The van der Waals surface area contributed by atoms with Crippen LogP contribution in [0, 0.1) is 0 Å². The van der Waals surface area contributed by atoms with Crippen LogP contribution in [-0.2, 0) is 6.42 Å². The van der Waals surface area contributed by atoms with Gasteiger partial charge >= 0.3 is 0 Å². The number of aromatic nitrogens is 2. The van der Waals surface area contributed by atoms with Crippen molar-refractivity contribution in [1.82, 2.24) is 15.0 Å². The average molecular weight is 368 g/mol. The van der Waals surface area contributed by atoms with Crippen molar-refractivity contribution >= 4 is 22.9 Å². The van der Waals surface area contributed by atoms with Crippen molar-refractivity contribution in [1.29, 1.82) is 0 Å². The Balaban J connectivity index is 1.39. The van der Waals surface area contributed by atoms with Crippen LogP contribution in [0.3, 0.4) is 0 Å².